The van der Waals surface area contributed by atoms with Crippen molar-refractivity contribution < 1.29 is 0 Å². The molecule has 2 aliphatic rings. The highest BCUT2D eigenvalue weighted by Gasteiger charge is 2.25. The first-order valence-electron chi connectivity index (χ1n) is 6.23. The molecule has 1 N–H and O–H groups in total. The Morgan fingerprint density at radius 1 is 1.29 bits per heavy atom. The molecule has 0 aromatic heterocycles. The molecule has 14 heavy (non-hydrogen) atoms. The molecule has 1 aliphatic heterocycles. The molecular weight excluding hydrogens is 172 g/mol. The Morgan fingerprint density at radius 2 is 2.07 bits per heavy atom. The highest BCUT2D eigenvalue weighted by molar-refractivity contribution is 4.84. The van der Waals surface area contributed by atoms with Crippen LogP contribution in [0.1, 0.15) is 39.5 Å². The number of hydrogen-bond donors (Lipinski definition) is 1. The molecule has 0 radical (unpaired) electrons. The van der Waals surface area contributed by atoms with Gasteiger partial charge in [-0.05, 0) is 58.5 Å². The van der Waals surface area contributed by atoms with Gasteiger partial charge in [-0.2, -0.15) is 0 Å². The van der Waals surface area contributed by atoms with Crippen LogP contribution in [0.25, 0.3) is 0 Å². The van der Waals surface area contributed by atoms with E-state index in [2.05, 4.69) is 24.1 Å². The Kier molecular flexibility index (Phi) is 3.45. The second-order valence-corrected chi connectivity index (χ2v) is 5.28. The molecule has 1 saturated heterocycles. The zero-order valence-electron chi connectivity index (χ0n) is 9.63. The summed E-state index contributed by atoms with van der Waals surface area (Å²) in [7, 11) is 0. The third-order valence-corrected chi connectivity index (χ3v) is 3.55. The van der Waals surface area contributed by atoms with Crippen molar-refractivity contribution >= 4 is 0 Å². The molecule has 1 aliphatic carbocycles. The maximum absolute atomic E-state index is 3.66. The van der Waals surface area contributed by atoms with Gasteiger partial charge in [0.05, 0.1) is 0 Å². The van der Waals surface area contributed by atoms with Gasteiger partial charge in [-0.25, -0.2) is 0 Å². The standard InChI is InChI=1S/C12H24N2/c1-10(2)14-7-3-4-11(9-14)8-13-12-5-6-12/h10-13H,3-9H2,1-2H3. The summed E-state index contributed by atoms with van der Waals surface area (Å²) in [6.07, 6.45) is 5.67. The third kappa shape index (κ3) is 2.96. The predicted molar refractivity (Wildman–Crippen MR) is 60.5 cm³/mol. The van der Waals surface area contributed by atoms with E-state index in [1.54, 1.807) is 0 Å². The van der Waals surface area contributed by atoms with E-state index in [0.29, 0.717) is 0 Å². The summed E-state index contributed by atoms with van der Waals surface area (Å²) in [5.74, 6) is 0.909. The minimum absolute atomic E-state index is 0.735. The minimum Gasteiger partial charge on any atom is -0.314 e. The third-order valence-electron chi connectivity index (χ3n) is 3.55. The van der Waals surface area contributed by atoms with Crippen LogP contribution < -0.4 is 5.32 Å². The molecule has 0 aromatic rings. The zero-order valence-corrected chi connectivity index (χ0v) is 9.63. The highest BCUT2D eigenvalue weighted by atomic mass is 15.2. The molecule has 82 valence electrons. The molecular formula is C12H24N2. The first kappa shape index (κ1) is 10.4. The van der Waals surface area contributed by atoms with Crippen LogP contribution in [0, 0.1) is 5.92 Å². The monoisotopic (exact) mass is 196 g/mol. The molecule has 1 saturated carbocycles. The van der Waals surface area contributed by atoms with Crippen molar-refractivity contribution in [1.82, 2.24) is 10.2 Å². The van der Waals surface area contributed by atoms with E-state index >= 15 is 0 Å². The maximum atomic E-state index is 3.66. The van der Waals surface area contributed by atoms with E-state index in [0.717, 1.165) is 18.0 Å². The SMILES string of the molecule is CC(C)N1CCCC(CNC2CC2)C1. The topological polar surface area (TPSA) is 15.3 Å². The molecule has 0 aromatic carbocycles. The minimum atomic E-state index is 0.735. The zero-order chi connectivity index (χ0) is 9.97. The average molecular weight is 196 g/mol. The normalized spacial score (nSPS) is 29.8. The van der Waals surface area contributed by atoms with Crippen molar-refractivity contribution in [3.63, 3.8) is 0 Å². The molecule has 0 amide bonds. The number of likely N-dealkylation sites (tertiary alicyclic amines) is 1. The summed E-state index contributed by atoms with van der Waals surface area (Å²) < 4.78 is 0. The van der Waals surface area contributed by atoms with Crippen molar-refractivity contribution in [3.05, 3.63) is 0 Å². The van der Waals surface area contributed by atoms with Crippen LogP contribution in [0.2, 0.25) is 0 Å². The van der Waals surface area contributed by atoms with E-state index in [1.165, 1.54) is 45.3 Å². The number of hydrogen-bond acceptors (Lipinski definition) is 2. The van der Waals surface area contributed by atoms with Gasteiger partial charge in [0.2, 0.25) is 0 Å². The van der Waals surface area contributed by atoms with Crippen molar-refractivity contribution in [2.75, 3.05) is 19.6 Å². The van der Waals surface area contributed by atoms with Gasteiger partial charge in [-0.3, -0.25) is 0 Å². The van der Waals surface area contributed by atoms with Gasteiger partial charge < -0.3 is 10.2 Å². The number of rotatable bonds is 4. The molecule has 2 fully saturated rings. The molecule has 0 bridgehead atoms. The summed E-state index contributed by atoms with van der Waals surface area (Å²) in [5, 5.41) is 3.66. The summed E-state index contributed by atoms with van der Waals surface area (Å²) in [6, 6.07) is 1.61. The lowest BCUT2D eigenvalue weighted by Crippen LogP contribution is -2.43. The van der Waals surface area contributed by atoms with Crippen LogP contribution in [0.5, 0.6) is 0 Å². The van der Waals surface area contributed by atoms with Gasteiger partial charge in [0.15, 0.2) is 0 Å². The number of nitrogens with one attached hydrogen (secondary N) is 1. The van der Waals surface area contributed by atoms with Crippen LogP contribution in [-0.2, 0) is 0 Å². The van der Waals surface area contributed by atoms with Crippen molar-refractivity contribution in [1.29, 1.82) is 0 Å². The second-order valence-electron chi connectivity index (χ2n) is 5.28. The number of piperidine rings is 1. The van der Waals surface area contributed by atoms with Crippen molar-refractivity contribution in [3.8, 4) is 0 Å². The summed E-state index contributed by atoms with van der Waals surface area (Å²) >= 11 is 0. The molecule has 2 nitrogen and oxygen atoms in total. The van der Waals surface area contributed by atoms with Crippen LogP contribution in [-0.4, -0.2) is 36.6 Å². The van der Waals surface area contributed by atoms with E-state index in [4.69, 9.17) is 0 Å². The van der Waals surface area contributed by atoms with Crippen LogP contribution in [0.3, 0.4) is 0 Å². The van der Waals surface area contributed by atoms with Crippen molar-refractivity contribution in [2.24, 2.45) is 5.92 Å². The molecule has 1 unspecified atom stereocenters. The second kappa shape index (κ2) is 4.63. The quantitative estimate of drug-likeness (QED) is 0.738. The fraction of sp³-hybridized carbons (Fsp3) is 1.00. The molecule has 1 atom stereocenters. The van der Waals surface area contributed by atoms with Gasteiger partial charge in [-0.1, -0.05) is 0 Å². The predicted octanol–water partition coefficient (Wildman–Crippen LogP) is 1.86. The van der Waals surface area contributed by atoms with E-state index in [1.807, 2.05) is 0 Å². The molecule has 0 spiro atoms. The maximum Gasteiger partial charge on any atom is 0.00683 e. The Hall–Kier alpha value is -0.0800. The fourth-order valence-corrected chi connectivity index (χ4v) is 2.35. The Balaban J connectivity index is 1.69. The van der Waals surface area contributed by atoms with Crippen LogP contribution >= 0.6 is 0 Å². The highest BCUT2D eigenvalue weighted by Crippen LogP contribution is 2.21. The summed E-state index contributed by atoms with van der Waals surface area (Å²) in [4.78, 5) is 2.63. The van der Waals surface area contributed by atoms with E-state index in [-0.39, 0.29) is 0 Å². The largest absolute Gasteiger partial charge is 0.314 e. The lowest BCUT2D eigenvalue weighted by Gasteiger charge is -2.35. The van der Waals surface area contributed by atoms with Gasteiger partial charge in [0.1, 0.15) is 0 Å². The van der Waals surface area contributed by atoms with E-state index in [9.17, 15) is 0 Å². The van der Waals surface area contributed by atoms with Crippen molar-refractivity contribution in [2.45, 2.75) is 51.6 Å². The van der Waals surface area contributed by atoms with Gasteiger partial charge in [-0.15, -0.1) is 0 Å². The van der Waals surface area contributed by atoms with Gasteiger partial charge >= 0.3 is 0 Å². The first-order chi connectivity index (χ1) is 6.75. The lowest BCUT2D eigenvalue weighted by atomic mass is 9.97. The van der Waals surface area contributed by atoms with Crippen LogP contribution in [0.4, 0.5) is 0 Å². The Labute approximate surface area is 88.1 Å². The summed E-state index contributed by atoms with van der Waals surface area (Å²) in [6.45, 7) is 8.52. The Morgan fingerprint density at radius 3 is 2.71 bits per heavy atom. The first-order valence-corrected chi connectivity index (χ1v) is 6.23. The fourth-order valence-electron chi connectivity index (χ4n) is 2.35. The van der Waals surface area contributed by atoms with Gasteiger partial charge in [0.25, 0.3) is 0 Å². The molecule has 2 heteroatoms. The molecule has 2 rings (SSSR count). The Bertz CT molecular complexity index is 175. The molecule has 1 heterocycles. The van der Waals surface area contributed by atoms with Crippen LogP contribution in [0.15, 0.2) is 0 Å². The number of nitrogens with zero attached hydrogens (tertiary/aromatic N) is 1. The average Bonchev–Trinajstić information content (AvgIpc) is 2.99. The lowest BCUT2D eigenvalue weighted by molar-refractivity contribution is 0.138. The smallest absolute Gasteiger partial charge is 0.00683 e. The van der Waals surface area contributed by atoms with E-state index < -0.39 is 0 Å². The summed E-state index contributed by atoms with van der Waals surface area (Å²) in [5.41, 5.74) is 0. The van der Waals surface area contributed by atoms with Gasteiger partial charge in [0, 0.05) is 18.6 Å².